The Bertz CT molecular complexity index is 699. The van der Waals surface area contributed by atoms with Gasteiger partial charge >= 0.3 is 16.2 Å². The fourth-order valence-electron chi connectivity index (χ4n) is 2.56. The molecule has 1 aromatic carbocycles. The minimum atomic E-state index is -3.91. The Hall–Kier alpha value is -1.71. The summed E-state index contributed by atoms with van der Waals surface area (Å²) in [6.07, 6.45) is 1.14. The molecular weight excluding hydrogens is 327 g/mol. The largest absolute Gasteiger partial charge is 0.478 e. The number of hydrogen-bond donors (Lipinski definition) is 2. The lowest BCUT2D eigenvalue weighted by atomic mass is 10.1. The Labute approximate surface area is 134 Å². The summed E-state index contributed by atoms with van der Waals surface area (Å²) in [4.78, 5) is 11.3. The Morgan fingerprint density at radius 3 is 2.52 bits per heavy atom. The first kappa shape index (κ1) is 17.6. The van der Waals surface area contributed by atoms with E-state index in [0.717, 1.165) is 12.1 Å². The molecule has 0 atom stereocenters. The van der Waals surface area contributed by atoms with E-state index in [-0.39, 0.29) is 36.0 Å². The zero-order valence-corrected chi connectivity index (χ0v) is 13.7. The second-order valence-electron chi connectivity index (χ2n) is 5.34. The topological polar surface area (TPSA) is 95.9 Å². The molecule has 0 bridgehead atoms. The van der Waals surface area contributed by atoms with Gasteiger partial charge in [-0.05, 0) is 31.9 Å². The maximum Gasteiger partial charge on any atom is 0.338 e. The van der Waals surface area contributed by atoms with Gasteiger partial charge in [0.05, 0.1) is 17.4 Å². The number of hydrogen-bond acceptors (Lipinski definition) is 4. The van der Waals surface area contributed by atoms with Crippen molar-refractivity contribution >= 4 is 21.9 Å². The van der Waals surface area contributed by atoms with Gasteiger partial charge in [-0.2, -0.15) is 12.7 Å². The highest BCUT2D eigenvalue weighted by Crippen LogP contribution is 2.25. The van der Waals surface area contributed by atoms with Crippen molar-refractivity contribution in [3.8, 4) is 0 Å². The number of ether oxygens (including phenoxy) is 1. The van der Waals surface area contributed by atoms with Crippen LogP contribution in [0.3, 0.4) is 0 Å². The lowest BCUT2D eigenvalue weighted by molar-refractivity contribution is 0.0606. The predicted molar refractivity (Wildman–Crippen MR) is 82.2 cm³/mol. The molecule has 7 nitrogen and oxygen atoms in total. The van der Waals surface area contributed by atoms with Gasteiger partial charge in [0.15, 0.2) is 0 Å². The quantitative estimate of drug-likeness (QED) is 0.844. The molecule has 1 aliphatic heterocycles. The van der Waals surface area contributed by atoms with Crippen molar-refractivity contribution in [3.63, 3.8) is 0 Å². The Kier molecular flexibility index (Phi) is 5.23. The molecule has 23 heavy (non-hydrogen) atoms. The third kappa shape index (κ3) is 3.80. The van der Waals surface area contributed by atoms with Crippen LogP contribution in [0.1, 0.15) is 28.8 Å². The van der Waals surface area contributed by atoms with Crippen molar-refractivity contribution in [3.05, 3.63) is 29.1 Å². The summed E-state index contributed by atoms with van der Waals surface area (Å²) in [5.74, 6) is -2.09. The number of piperidine rings is 1. The zero-order chi connectivity index (χ0) is 17.2. The molecule has 2 rings (SSSR count). The van der Waals surface area contributed by atoms with Gasteiger partial charge in [-0.1, -0.05) is 0 Å². The van der Waals surface area contributed by atoms with Crippen LogP contribution in [0.5, 0.6) is 0 Å². The molecule has 0 unspecified atom stereocenters. The van der Waals surface area contributed by atoms with Gasteiger partial charge in [0, 0.05) is 25.8 Å². The number of anilines is 1. The average molecular weight is 346 g/mol. The second kappa shape index (κ2) is 6.81. The van der Waals surface area contributed by atoms with Gasteiger partial charge in [-0.25, -0.2) is 9.18 Å². The van der Waals surface area contributed by atoms with Gasteiger partial charge in [0.1, 0.15) is 5.82 Å². The number of benzene rings is 1. The molecule has 0 radical (unpaired) electrons. The molecule has 1 heterocycles. The molecule has 0 saturated carbocycles. The van der Waals surface area contributed by atoms with E-state index in [2.05, 4.69) is 4.72 Å². The predicted octanol–water partition coefficient (Wildman–Crippen LogP) is 1.60. The van der Waals surface area contributed by atoms with E-state index in [0.29, 0.717) is 12.8 Å². The molecule has 1 saturated heterocycles. The van der Waals surface area contributed by atoms with E-state index in [4.69, 9.17) is 4.74 Å². The van der Waals surface area contributed by atoms with Crippen molar-refractivity contribution in [2.24, 2.45) is 0 Å². The summed E-state index contributed by atoms with van der Waals surface area (Å²) in [5.41, 5.74) is -0.651. The van der Waals surface area contributed by atoms with Crippen LogP contribution in [0.25, 0.3) is 0 Å². The summed E-state index contributed by atoms with van der Waals surface area (Å²) in [5, 5.41) is 9.21. The number of nitrogens with one attached hydrogen (secondary N) is 1. The number of methoxy groups -OCH3 is 1. The number of nitrogens with zero attached hydrogens (tertiary/aromatic N) is 1. The maximum atomic E-state index is 13.5. The van der Waals surface area contributed by atoms with Crippen molar-refractivity contribution < 1.29 is 27.4 Å². The standard InChI is InChI=1S/C14H19FN2O5S/c1-9-11(15)3-4-12(13(9)14(18)19)16-23(20,21)17-7-5-10(22-2)6-8-17/h3-4,10,16H,5-8H2,1-2H3,(H,18,19). The fraction of sp³-hybridized carbons (Fsp3) is 0.500. The molecule has 1 aromatic rings. The second-order valence-corrected chi connectivity index (χ2v) is 7.01. The smallest absolute Gasteiger partial charge is 0.338 e. The molecular formula is C14H19FN2O5S. The minimum absolute atomic E-state index is 0.0177. The van der Waals surface area contributed by atoms with E-state index in [9.17, 15) is 22.7 Å². The first-order valence-corrected chi connectivity index (χ1v) is 8.53. The lowest BCUT2D eigenvalue weighted by Crippen LogP contribution is -2.43. The van der Waals surface area contributed by atoms with E-state index in [1.165, 1.54) is 11.2 Å². The highest BCUT2D eigenvalue weighted by Gasteiger charge is 2.29. The fourth-order valence-corrected chi connectivity index (χ4v) is 3.83. The van der Waals surface area contributed by atoms with Crippen molar-refractivity contribution in [1.29, 1.82) is 0 Å². The first-order valence-electron chi connectivity index (χ1n) is 7.09. The monoisotopic (exact) mass is 346 g/mol. The van der Waals surface area contributed by atoms with Gasteiger partial charge in [-0.3, -0.25) is 4.72 Å². The summed E-state index contributed by atoms with van der Waals surface area (Å²) >= 11 is 0. The van der Waals surface area contributed by atoms with Crippen LogP contribution < -0.4 is 4.72 Å². The van der Waals surface area contributed by atoms with Crippen LogP contribution in [0.15, 0.2) is 12.1 Å². The molecule has 0 aromatic heterocycles. The first-order chi connectivity index (χ1) is 10.8. The van der Waals surface area contributed by atoms with Gasteiger partial charge in [0.25, 0.3) is 0 Å². The van der Waals surface area contributed by atoms with Crippen LogP contribution in [0.4, 0.5) is 10.1 Å². The number of carbonyl (C=O) groups is 1. The van der Waals surface area contributed by atoms with Crippen LogP contribution in [-0.2, 0) is 14.9 Å². The third-order valence-corrected chi connectivity index (χ3v) is 5.45. The Balaban J connectivity index is 2.25. The number of carboxylic acids is 1. The van der Waals surface area contributed by atoms with Crippen molar-refractivity contribution in [2.45, 2.75) is 25.9 Å². The molecule has 2 N–H and O–H groups in total. The third-order valence-electron chi connectivity index (χ3n) is 3.93. The summed E-state index contributed by atoms with van der Waals surface area (Å²) in [6, 6.07) is 2.15. The van der Waals surface area contributed by atoms with Crippen molar-refractivity contribution in [1.82, 2.24) is 4.31 Å². The van der Waals surface area contributed by atoms with E-state index in [1.807, 2.05) is 0 Å². The highest BCUT2D eigenvalue weighted by molar-refractivity contribution is 7.90. The van der Waals surface area contributed by atoms with Crippen LogP contribution >= 0.6 is 0 Å². The van der Waals surface area contributed by atoms with Crippen LogP contribution in [-0.4, -0.2) is 50.1 Å². The molecule has 0 amide bonds. The van der Waals surface area contributed by atoms with E-state index in [1.54, 1.807) is 7.11 Å². The van der Waals surface area contributed by atoms with E-state index >= 15 is 0 Å². The molecule has 128 valence electrons. The van der Waals surface area contributed by atoms with Crippen LogP contribution in [0.2, 0.25) is 0 Å². The zero-order valence-electron chi connectivity index (χ0n) is 12.9. The van der Waals surface area contributed by atoms with Gasteiger partial charge in [0.2, 0.25) is 0 Å². The normalized spacial score (nSPS) is 17.2. The van der Waals surface area contributed by atoms with Crippen LogP contribution in [0, 0.1) is 12.7 Å². The lowest BCUT2D eigenvalue weighted by Gasteiger charge is -2.30. The summed E-state index contributed by atoms with van der Waals surface area (Å²) in [6.45, 7) is 1.84. The van der Waals surface area contributed by atoms with Gasteiger partial charge in [-0.15, -0.1) is 0 Å². The average Bonchev–Trinajstić information content (AvgIpc) is 2.50. The molecule has 0 spiro atoms. The van der Waals surface area contributed by atoms with Crippen molar-refractivity contribution in [2.75, 3.05) is 24.9 Å². The van der Waals surface area contributed by atoms with Gasteiger partial charge < -0.3 is 9.84 Å². The Morgan fingerprint density at radius 1 is 1.39 bits per heavy atom. The molecule has 1 aliphatic rings. The minimum Gasteiger partial charge on any atom is -0.478 e. The number of halogens is 1. The maximum absolute atomic E-state index is 13.5. The molecule has 9 heteroatoms. The number of carboxylic acid groups (broad SMARTS) is 1. The van der Waals surface area contributed by atoms with E-state index < -0.39 is 22.0 Å². The molecule has 1 fully saturated rings. The number of rotatable bonds is 5. The highest BCUT2D eigenvalue weighted by atomic mass is 32.2. The SMILES string of the molecule is COC1CCN(S(=O)(=O)Nc2ccc(F)c(C)c2C(=O)O)CC1. The summed E-state index contributed by atoms with van der Waals surface area (Å²) in [7, 11) is -2.33. The molecule has 0 aliphatic carbocycles. The Morgan fingerprint density at radius 2 is 2.00 bits per heavy atom. The number of aromatic carboxylic acids is 1. The summed E-state index contributed by atoms with van der Waals surface area (Å²) < 4.78 is 47.0.